The van der Waals surface area contributed by atoms with Crippen LogP contribution in [0.1, 0.15) is 18.9 Å². The second-order valence-corrected chi connectivity index (χ2v) is 6.23. The van der Waals surface area contributed by atoms with E-state index in [1.165, 1.54) is 17.8 Å². The van der Waals surface area contributed by atoms with Crippen molar-refractivity contribution >= 4 is 11.7 Å². The van der Waals surface area contributed by atoms with Gasteiger partial charge in [-0.15, -0.1) is 0 Å². The van der Waals surface area contributed by atoms with E-state index in [-0.39, 0.29) is 17.8 Å². The van der Waals surface area contributed by atoms with Crippen molar-refractivity contribution in [3.63, 3.8) is 0 Å². The molecule has 1 N–H and O–H groups in total. The number of halogens is 1. The fraction of sp³-hybridized carbons (Fsp3) is 0.368. The van der Waals surface area contributed by atoms with Crippen LogP contribution in [-0.4, -0.2) is 46.5 Å². The molecule has 25 heavy (non-hydrogen) atoms. The number of carbonyl (C=O) groups is 1. The third-order valence-electron chi connectivity index (χ3n) is 4.55. The molecule has 6 heteroatoms. The Morgan fingerprint density at radius 3 is 2.88 bits per heavy atom. The molecule has 1 aliphatic rings. The second-order valence-electron chi connectivity index (χ2n) is 6.23. The highest BCUT2D eigenvalue weighted by Gasteiger charge is 2.30. The van der Waals surface area contributed by atoms with Crippen LogP contribution in [0.15, 0.2) is 48.8 Å². The number of hydrogen-bond acceptors (Lipinski definition) is 3. The van der Waals surface area contributed by atoms with Crippen LogP contribution in [0.2, 0.25) is 0 Å². The highest BCUT2D eigenvalue weighted by Crippen LogP contribution is 2.20. The van der Waals surface area contributed by atoms with Crippen molar-refractivity contribution in [1.82, 2.24) is 14.8 Å². The van der Waals surface area contributed by atoms with Gasteiger partial charge < -0.3 is 10.2 Å². The van der Waals surface area contributed by atoms with Gasteiger partial charge in [-0.05, 0) is 25.0 Å². The smallest absolute Gasteiger partial charge is 0.320 e. The van der Waals surface area contributed by atoms with Gasteiger partial charge in [0, 0.05) is 38.4 Å². The normalized spacial score (nSPS) is 17.4. The van der Waals surface area contributed by atoms with Gasteiger partial charge in [0.2, 0.25) is 0 Å². The lowest BCUT2D eigenvalue weighted by Gasteiger charge is -2.28. The first-order chi connectivity index (χ1) is 12.2. The SMILES string of the molecule is CCN(C(=O)Nc1ccncc1F)[C@H]1CCN(Cc2ccccc2)C1. The van der Waals surface area contributed by atoms with Crippen LogP contribution in [0.5, 0.6) is 0 Å². The van der Waals surface area contributed by atoms with Crippen molar-refractivity contribution in [2.45, 2.75) is 25.9 Å². The number of amides is 2. The molecule has 0 unspecified atom stereocenters. The van der Waals surface area contributed by atoms with E-state index in [1.54, 1.807) is 4.90 Å². The van der Waals surface area contributed by atoms with Crippen molar-refractivity contribution in [3.05, 3.63) is 60.2 Å². The first-order valence-electron chi connectivity index (χ1n) is 8.60. The lowest BCUT2D eigenvalue weighted by Crippen LogP contribution is -2.44. The van der Waals surface area contributed by atoms with Crippen LogP contribution in [0.3, 0.4) is 0 Å². The fourth-order valence-corrected chi connectivity index (χ4v) is 3.28. The quantitative estimate of drug-likeness (QED) is 0.906. The third-order valence-corrected chi connectivity index (χ3v) is 4.55. The fourth-order valence-electron chi connectivity index (χ4n) is 3.28. The second kappa shape index (κ2) is 8.07. The monoisotopic (exact) mass is 342 g/mol. The predicted molar refractivity (Wildman–Crippen MR) is 95.7 cm³/mol. The first-order valence-corrected chi connectivity index (χ1v) is 8.60. The summed E-state index contributed by atoms with van der Waals surface area (Å²) in [7, 11) is 0. The predicted octanol–water partition coefficient (Wildman–Crippen LogP) is 3.35. The summed E-state index contributed by atoms with van der Waals surface area (Å²) in [4.78, 5) is 20.4. The van der Waals surface area contributed by atoms with Crippen molar-refractivity contribution in [2.75, 3.05) is 25.0 Å². The minimum Gasteiger partial charge on any atom is -0.320 e. The summed E-state index contributed by atoms with van der Waals surface area (Å²) in [5, 5.41) is 2.66. The Hall–Kier alpha value is -2.47. The molecule has 2 heterocycles. The molecule has 0 aliphatic carbocycles. The standard InChI is InChI=1S/C19H23FN4O/c1-2-24(19(25)22-18-8-10-21-12-17(18)20)16-9-11-23(14-16)13-15-6-4-3-5-7-15/h3-8,10,12,16H,2,9,11,13-14H2,1H3,(H,21,22,25)/t16-/m0/s1. The van der Waals surface area contributed by atoms with E-state index in [0.29, 0.717) is 6.54 Å². The van der Waals surface area contributed by atoms with E-state index in [4.69, 9.17) is 0 Å². The van der Waals surface area contributed by atoms with E-state index in [2.05, 4.69) is 27.3 Å². The van der Waals surface area contributed by atoms with Crippen LogP contribution < -0.4 is 5.32 Å². The molecular weight excluding hydrogens is 319 g/mol. The molecule has 0 bridgehead atoms. The number of aromatic nitrogens is 1. The van der Waals surface area contributed by atoms with E-state index < -0.39 is 5.82 Å². The molecule has 3 rings (SSSR count). The van der Waals surface area contributed by atoms with Gasteiger partial charge in [0.25, 0.3) is 0 Å². The number of rotatable bonds is 5. The molecular formula is C19H23FN4O. The lowest BCUT2D eigenvalue weighted by molar-refractivity contribution is 0.189. The number of benzene rings is 1. The van der Waals surface area contributed by atoms with Crippen LogP contribution in [0.4, 0.5) is 14.9 Å². The number of anilines is 1. The van der Waals surface area contributed by atoms with E-state index in [0.717, 1.165) is 32.3 Å². The van der Waals surface area contributed by atoms with Gasteiger partial charge in [-0.3, -0.25) is 9.88 Å². The number of likely N-dealkylation sites (tertiary alicyclic amines) is 1. The molecule has 1 aromatic heterocycles. The zero-order valence-electron chi connectivity index (χ0n) is 14.4. The minimum absolute atomic E-state index is 0.138. The molecule has 5 nitrogen and oxygen atoms in total. The van der Waals surface area contributed by atoms with Crippen molar-refractivity contribution in [3.8, 4) is 0 Å². The summed E-state index contributed by atoms with van der Waals surface area (Å²) in [6, 6.07) is 11.7. The van der Waals surface area contributed by atoms with Gasteiger partial charge in [0.1, 0.15) is 0 Å². The zero-order chi connectivity index (χ0) is 17.6. The Morgan fingerprint density at radius 2 is 2.16 bits per heavy atom. The Labute approximate surface area is 147 Å². The Balaban J connectivity index is 1.59. The van der Waals surface area contributed by atoms with Gasteiger partial charge >= 0.3 is 6.03 Å². The van der Waals surface area contributed by atoms with Gasteiger partial charge in [-0.1, -0.05) is 30.3 Å². The number of hydrogen-bond donors (Lipinski definition) is 1. The van der Waals surface area contributed by atoms with E-state index >= 15 is 0 Å². The van der Waals surface area contributed by atoms with Crippen molar-refractivity contribution in [1.29, 1.82) is 0 Å². The van der Waals surface area contributed by atoms with Crippen LogP contribution >= 0.6 is 0 Å². The molecule has 1 aromatic carbocycles. The Morgan fingerprint density at radius 1 is 1.36 bits per heavy atom. The summed E-state index contributed by atoms with van der Waals surface area (Å²) < 4.78 is 13.7. The minimum atomic E-state index is -0.524. The summed E-state index contributed by atoms with van der Waals surface area (Å²) in [5.74, 6) is -0.524. The highest BCUT2D eigenvalue weighted by atomic mass is 19.1. The number of urea groups is 1. The maximum absolute atomic E-state index is 13.7. The van der Waals surface area contributed by atoms with E-state index in [1.807, 2.05) is 25.1 Å². The molecule has 132 valence electrons. The molecule has 2 amide bonds. The average molecular weight is 342 g/mol. The molecule has 1 atom stereocenters. The first kappa shape index (κ1) is 17.4. The number of carbonyl (C=O) groups excluding carboxylic acids is 1. The maximum atomic E-state index is 13.7. The number of nitrogens with zero attached hydrogens (tertiary/aromatic N) is 3. The number of nitrogens with one attached hydrogen (secondary N) is 1. The number of likely N-dealkylation sites (N-methyl/N-ethyl adjacent to an activating group) is 1. The molecule has 0 radical (unpaired) electrons. The topological polar surface area (TPSA) is 48.5 Å². The summed E-state index contributed by atoms with van der Waals surface area (Å²) in [5.41, 5.74) is 1.44. The summed E-state index contributed by atoms with van der Waals surface area (Å²) in [6.07, 6.45) is 3.49. The van der Waals surface area contributed by atoms with Gasteiger partial charge in [-0.2, -0.15) is 0 Å². The van der Waals surface area contributed by atoms with Gasteiger partial charge in [0.05, 0.1) is 11.9 Å². The number of pyridine rings is 1. The third kappa shape index (κ3) is 4.33. The van der Waals surface area contributed by atoms with Crippen LogP contribution in [0, 0.1) is 5.82 Å². The Kier molecular flexibility index (Phi) is 5.60. The van der Waals surface area contributed by atoms with Crippen molar-refractivity contribution < 1.29 is 9.18 Å². The summed E-state index contributed by atoms with van der Waals surface area (Å²) >= 11 is 0. The highest BCUT2D eigenvalue weighted by molar-refractivity contribution is 5.89. The van der Waals surface area contributed by atoms with Gasteiger partial charge in [0.15, 0.2) is 5.82 Å². The van der Waals surface area contributed by atoms with Gasteiger partial charge in [-0.25, -0.2) is 9.18 Å². The van der Waals surface area contributed by atoms with Crippen LogP contribution in [-0.2, 0) is 6.54 Å². The molecule has 2 aromatic rings. The van der Waals surface area contributed by atoms with E-state index in [9.17, 15) is 9.18 Å². The molecule has 1 saturated heterocycles. The molecule has 0 spiro atoms. The van der Waals surface area contributed by atoms with Crippen molar-refractivity contribution in [2.24, 2.45) is 0 Å². The molecule has 1 aliphatic heterocycles. The zero-order valence-corrected chi connectivity index (χ0v) is 14.4. The van der Waals surface area contributed by atoms with Crippen LogP contribution in [0.25, 0.3) is 0 Å². The largest absolute Gasteiger partial charge is 0.322 e. The summed E-state index contributed by atoms with van der Waals surface area (Å²) in [6.45, 7) is 5.20. The molecule has 0 saturated carbocycles. The molecule has 1 fully saturated rings. The average Bonchev–Trinajstić information content (AvgIpc) is 3.06. The lowest BCUT2D eigenvalue weighted by atomic mass is 10.2. The maximum Gasteiger partial charge on any atom is 0.322 e. The Bertz CT molecular complexity index is 710.